The fourth-order valence-corrected chi connectivity index (χ4v) is 7.04. The second kappa shape index (κ2) is 11.1. The zero-order chi connectivity index (χ0) is 30.5. The van der Waals surface area contributed by atoms with Crippen LogP contribution in [0.5, 0.6) is 0 Å². The van der Waals surface area contributed by atoms with Crippen LogP contribution >= 0.6 is 0 Å². The van der Waals surface area contributed by atoms with Crippen molar-refractivity contribution >= 4 is 38.3 Å². The molecule has 2 unspecified atom stereocenters. The molecule has 1 N–H and O–H groups in total. The van der Waals surface area contributed by atoms with Gasteiger partial charge in [0.1, 0.15) is 17.5 Å². The van der Waals surface area contributed by atoms with E-state index in [1.54, 1.807) is 18.3 Å². The molecule has 0 aliphatic carbocycles. The Morgan fingerprint density at radius 3 is 2.53 bits per heavy atom. The SMILES string of the molecule is CC1CC(C)CN(c2cc(F)cc(-c3ccc4cnc(CNC(=O)c5cc(F)c6c(c5)N(S(C)(=O)=O)CC6)cc4n3)n2)C1. The summed E-state index contributed by atoms with van der Waals surface area (Å²) in [6, 6.07) is 10.7. The maximum atomic E-state index is 14.7. The number of rotatable bonds is 6. The van der Waals surface area contributed by atoms with Crippen LogP contribution in [0.4, 0.5) is 20.3 Å². The van der Waals surface area contributed by atoms with E-state index in [1.807, 2.05) is 6.07 Å². The van der Waals surface area contributed by atoms with Gasteiger partial charge in [-0.2, -0.15) is 0 Å². The Hall–Kier alpha value is -4.19. The molecule has 43 heavy (non-hydrogen) atoms. The van der Waals surface area contributed by atoms with Gasteiger partial charge in [0.05, 0.1) is 41.1 Å². The summed E-state index contributed by atoms with van der Waals surface area (Å²) in [4.78, 5) is 28.9. The molecular weight excluding hydrogens is 574 g/mol. The number of nitrogens with one attached hydrogen (secondary N) is 1. The summed E-state index contributed by atoms with van der Waals surface area (Å²) >= 11 is 0. The van der Waals surface area contributed by atoms with Gasteiger partial charge in [0.25, 0.3) is 5.91 Å². The predicted molar refractivity (Wildman–Crippen MR) is 161 cm³/mol. The van der Waals surface area contributed by atoms with Crippen molar-refractivity contribution in [2.24, 2.45) is 11.8 Å². The highest BCUT2D eigenvalue weighted by Gasteiger charge is 2.30. The summed E-state index contributed by atoms with van der Waals surface area (Å²) in [6.45, 7) is 6.19. The number of piperidine rings is 1. The molecule has 0 spiro atoms. The molecule has 1 saturated heterocycles. The number of carbonyl (C=O) groups is 1. The topological polar surface area (TPSA) is 108 Å². The van der Waals surface area contributed by atoms with Crippen molar-refractivity contribution in [2.75, 3.05) is 35.1 Å². The lowest BCUT2D eigenvalue weighted by atomic mass is 9.92. The summed E-state index contributed by atoms with van der Waals surface area (Å²) in [5, 5.41) is 3.49. The number of carbonyl (C=O) groups excluding carboxylic acids is 1. The van der Waals surface area contributed by atoms with E-state index in [1.165, 1.54) is 18.2 Å². The van der Waals surface area contributed by atoms with E-state index in [0.717, 1.165) is 41.5 Å². The number of halogens is 2. The summed E-state index contributed by atoms with van der Waals surface area (Å²) < 4.78 is 54.8. The number of hydrogen-bond acceptors (Lipinski definition) is 7. The molecule has 2 atom stereocenters. The lowest BCUT2D eigenvalue weighted by molar-refractivity contribution is 0.0950. The van der Waals surface area contributed by atoms with Gasteiger partial charge in [-0.15, -0.1) is 0 Å². The smallest absolute Gasteiger partial charge is 0.251 e. The average molecular weight is 607 g/mol. The number of pyridine rings is 3. The number of nitrogens with zero attached hydrogens (tertiary/aromatic N) is 5. The number of aromatic nitrogens is 3. The van der Waals surface area contributed by atoms with Crippen LogP contribution in [0.2, 0.25) is 0 Å². The van der Waals surface area contributed by atoms with Crippen LogP contribution in [0.15, 0.2) is 48.7 Å². The molecule has 5 heterocycles. The number of amides is 1. The first kappa shape index (κ1) is 28.9. The number of sulfonamides is 1. The van der Waals surface area contributed by atoms with Crippen LogP contribution in [0.1, 0.15) is 41.9 Å². The maximum Gasteiger partial charge on any atom is 0.251 e. The molecule has 224 valence electrons. The van der Waals surface area contributed by atoms with E-state index in [4.69, 9.17) is 9.97 Å². The second-order valence-electron chi connectivity index (χ2n) is 11.7. The van der Waals surface area contributed by atoms with Gasteiger partial charge in [-0.25, -0.2) is 27.2 Å². The van der Waals surface area contributed by atoms with Crippen LogP contribution < -0.4 is 14.5 Å². The third kappa shape index (κ3) is 6.01. The lowest BCUT2D eigenvalue weighted by Gasteiger charge is -2.36. The molecular formula is C31H32F2N6O3S. The van der Waals surface area contributed by atoms with E-state index in [0.29, 0.717) is 40.3 Å². The Labute approximate surface area is 249 Å². The van der Waals surface area contributed by atoms with Gasteiger partial charge in [-0.1, -0.05) is 13.8 Å². The van der Waals surface area contributed by atoms with Crippen LogP contribution in [-0.4, -0.2) is 55.2 Å². The van der Waals surface area contributed by atoms with Crippen LogP contribution in [0.25, 0.3) is 22.3 Å². The number of fused-ring (bicyclic) bond motifs is 2. The highest BCUT2D eigenvalue weighted by Crippen LogP contribution is 2.33. The molecule has 1 fully saturated rings. The first-order chi connectivity index (χ1) is 20.4. The predicted octanol–water partition coefficient (Wildman–Crippen LogP) is 4.70. The van der Waals surface area contributed by atoms with Crippen LogP contribution in [0.3, 0.4) is 0 Å². The maximum absolute atomic E-state index is 14.7. The molecule has 0 saturated carbocycles. The molecule has 9 nitrogen and oxygen atoms in total. The molecule has 3 aromatic heterocycles. The molecule has 0 bridgehead atoms. The van der Waals surface area contributed by atoms with Gasteiger partial charge in [0.15, 0.2) is 0 Å². The summed E-state index contributed by atoms with van der Waals surface area (Å²) in [5.74, 6) is 0.0126. The molecule has 1 aromatic carbocycles. The van der Waals surface area contributed by atoms with E-state index in [-0.39, 0.29) is 42.1 Å². The molecule has 6 rings (SSSR count). The number of benzene rings is 1. The summed E-state index contributed by atoms with van der Waals surface area (Å²) in [6.07, 6.45) is 4.06. The van der Waals surface area contributed by atoms with E-state index in [9.17, 15) is 22.0 Å². The Kier molecular flexibility index (Phi) is 7.49. The highest BCUT2D eigenvalue weighted by molar-refractivity contribution is 7.92. The van der Waals surface area contributed by atoms with Gasteiger partial charge in [0.2, 0.25) is 10.0 Å². The Bertz CT molecular complexity index is 1840. The van der Waals surface area contributed by atoms with Gasteiger partial charge >= 0.3 is 0 Å². The lowest BCUT2D eigenvalue weighted by Crippen LogP contribution is -2.39. The first-order valence-corrected chi connectivity index (χ1v) is 16.1. The molecule has 2 aliphatic rings. The largest absolute Gasteiger partial charge is 0.356 e. The molecule has 1 amide bonds. The summed E-state index contributed by atoms with van der Waals surface area (Å²) in [5.41, 5.74) is 2.52. The molecule has 12 heteroatoms. The standard InChI is InChI=1S/C31H32F2N6O3S/c1-18-8-19(2)17-38(16-18)30-12-22(32)11-28(37-30)26-5-4-20-14-34-23(13-27(20)36-26)15-35-31(40)21-9-25(33)24-6-7-39(29(24)10-21)43(3,41)42/h4-5,9-14,18-19H,6-8,15-17H2,1-3H3,(H,35,40). The number of anilines is 2. The number of hydrogen-bond donors (Lipinski definition) is 1. The molecule has 0 radical (unpaired) electrons. The van der Waals surface area contributed by atoms with Gasteiger partial charge < -0.3 is 10.2 Å². The van der Waals surface area contributed by atoms with E-state index < -0.39 is 21.7 Å². The van der Waals surface area contributed by atoms with E-state index in [2.05, 4.69) is 29.0 Å². The third-order valence-corrected chi connectivity index (χ3v) is 9.14. The summed E-state index contributed by atoms with van der Waals surface area (Å²) in [7, 11) is -3.60. The van der Waals surface area contributed by atoms with Crippen molar-refractivity contribution in [3.8, 4) is 11.4 Å². The highest BCUT2D eigenvalue weighted by atomic mass is 32.2. The fraction of sp³-hybridized carbons (Fsp3) is 0.355. The minimum Gasteiger partial charge on any atom is -0.356 e. The Morgan fingerprint density at radius 2 is 1.79 bits per heavy atom. The monoisotopic (exact) mass is 606 g/mol. The first-order valence-electron chi connectivity index (χ1n) is 14.2. The Balaban J connectivity index is 1.22. The van der Waals surface area contributed by atoms with Gasteiger partial charge in [-0.3, -0.25) is 14.1 Å². The van der Waals surface area contributed by atoms with Gasteiger partial charge in [-0.05, 0) is 55.0 Å². The van der Waals surface area contributed by atoms with Crippen molar-refractivity contribution in [3.05, 3.63) is 77.1 Å². The molecule has 4 aromatic rings. The quantitative estimate of drug-likeness (QED) is 0.339. The average Bonchev–Trinajstić information content (AvgIpc) is 3.40. The van der Waals surface area contributed by atoms with Crippen molar-refractivity contribution in [2.45, 2.75) is 33.2 Å². The minimum absolute atomic E-state index is 0.0125. The zero-order valence-electron chi connectivity index (χ0n) is 24.1. The minimum atomic E-state index is -3.60. The van der Waals surface area contributed by atoms with Crippen molar-refractivity contribution in [1.29, 1.82) is 0 Å². The second-order valence-corrected chi connectivity index (χ2v) is 13.6. The third-order valence-electron chi connectivity index (χ3n) is 7.96. The zero-order valence-corrected chi connectivity index (χ0v) is 25.0. The van der Waals surface area contributed by atoms with Crippen LogP contribution in [-0.2, 0) is 23.0 Å². The van der Waals surface area contributed by atoms with Crippen molar-refractivity contribution in [1.82, 2.24) is 20.3 Å². The van der Waals surface area contributed by atoms with Crippen LogP contribution in [0, 0.1) is 23.5 Å². The van der Waals surface area contributed by atoms with Gasteiger partial charge in [0, 0.05) is 54.5 Å². The molecule has 2 aliphatic heterocycles. The van der Waals surface area contributed by atoms with Crippen molar-refractivity contribution < 1.29 is 22.0 Å². The fourth-order valence-electron chi connectivity index (χ4n) is 6.10. The van der Waals surface area contributed by atoms with Crippen molar-refractivity contribution in [3.63, 3.8) is 0 Å². The Morgan fingerprint density at radius 1 is 1.02 bits per heavy atom. The van der Waals surface area contributed by atoms with E-state index >= 15 is 0 Å². The normalized spacial score (nSPS) is 18.6.